The van der Waals surface area contributed by atoms with Crippen molar-refractivity contribution in [3.63, 3.8) is 0 Å². The first-order valence-corrected chi connectivity index (χ1v) is 7.98. The number of hydrogen-bond donors (Lipinski definition) is 0. The molecule has 0 radical (unpaired) electrons. The van der Waals surface area contributed by atoms with Crippen molar-refractivity contribution < 1.29 is 8.78 Å². The first-order chi connectivity index (χ1) is 11.2. The minimum atomic E-state index is -0.548. The third-order valence-corrected chi connectivity index (χ3v) is 4.52. The van der Waals surface area contributed by atoms with E-state index in [0.29, 0.717) is 5.69 Å². The molecule has 1 aliphatic carbocycles. The fraction of sp³-hybridized carbons (Fsp3) is 0.200. The highest BCUT2D eigenvalue weighted by molar-refractivity contribution is 5.66. The summed E-state index contributed by atoms with van der Waals surface area (Å²) in [5.74, 6) is -1.07. The lowest BCUT2D eigenvalue weighted by Crippen LogP contribution is -2.09. The van der Waals surface area contributed by atoms with Crippen LogP contribution in [0.1, 0.15) is 24.1 Å². The lowest BCUT2D eigenvalue weighted by Gasteiger charge is -2.18. The lowest BCUT2D eigenvalue weighted by molar-refractivity contribution is 0.574. The van der Waals surface area contributed by atoms with E-state index in [2.05, 4.69) is 6.07 Å². The van der Waals surface area contributed by atoms with Gasteiger partial charge in [0.25, 0.3) is 0 Å². The van der Waals surface area contributed by atoms with Crippen LogP contribution < -0.4 is 0 Å². The maximum Gasteiger partial charge on any atom is 0.150 e. The van der Waals surface area contributed by atoms with Crippen LogP contribution in [0.15, 0.2) is 54.6 Å². The molecule has 1 aliphatic rings. The van der Waals surface area contributed by atoms with Gasteiger partial charge >= 0.3 is 0 Å². The molecule has 0 unspecified atom stereocenters. The average Bonchev–Trinajstić information content (AvgIpc) is 2.95. The Balaban J connectivity index is 1.98. The summed E-state index contributed by atoms with van der Waals surface area (Å²) in [5.41, 5.74) is 4.88. The van der Waals surface area contributed by atoms with Crippen molar-refractivity contribution in [2.45, 2.75) is 25.7 Å². The summed E-state index contributed by atoms with van der Waals surface area (Å²) >= 11 is 0. The smallest absolute Gasteiger partial charge is 0.150 e. The molecule has 0 amide bonds. The van der Waals surface area contributed by atoms with E-state index in [1.165, 1.54) is 17.7 Å². The van der Waals surface area contributed by atoms with Gasteiger partial charge in [-0.3, -0.25) is 0 Å². The van der Waals surface area contributed by atoms with Crippen molar-refractivity contribution in [1.29, 1.82) is 0 Å². The highest BCUT2D eigenvalue weighted by Crippen LogP contribution is 2.34. The third-order valence-electron chi connectivity index (χ3n) is 4.52. The molecule has 23 heavy (non-hydrogen) atoms. The summed E-state index contributed by atoms with van der Waals surface area (Å²) in [6.07, 6.45) is 4.22. The van der Waals surface area contributed by atoms with E-state index in [-0.39, 0.29) is 0 Å². The van der Waals surface area contributed by atoms with Gasteiger partial charge in [-0.2, -0.15) is 0 Å². The van der Waals surface area contributed by atoms with Gasteiger partial charge < -0.3 is 4.57 Å². The molecule has 116 valence electrons. The predicted octanol–water partition coefficient (Wildman–Crippen LogP) is 5.30. The molecule has 4 rings (SSSR count). The quantitative estimate of drug-likeness (QED) is 0.605. The minimum absolute atomic E-state index is 0.424. The predicted molar refractivity (Wildman–Crippen MR) is 87.8 cm³/mol. The molecule has 2 aromatic carbocycles. The Morgan fingerprint density at radius 1 is 0.826 bits per heavy atom. The van der Waals surface area contributed by atoms with Crippen molar-refractivity contribution in [2.75, 3.05) is 0 Å². The molecule has 3 aromatic rings. The molecule has 0 aliphatic heterocycles. The summed E-state index contributed by atoms with van der Waals surface area (Å²) in [6, 6.07) is 16.0. The van der Waals surface area contributed by atoms with Crippen molar-refractivity contribution in [2.24, 2.45) is 0 Å². The maximum absolute atomic E-state index is 14.4. The van der Waals surface area contributed by atoms with Gasteiger partial charge in [0.05, 0.1) is 11.4 Å². The Bertz CT molecular complexity index is 850. The molecule has 3 heteroatoms. The van der Waals surface area contributed by atoms with Crippen molar-refractivity contribution in [3.05, 3.63) is 77.5 Å². The molecule has 0 saturated heterocycles. The Morgan fingerprint density at radius 2 is 1.61 bits per heavy atom. The lowest BCUT2D eigenvalue weighted by atomic mass is 9.98. The molecule has 0 bridgehead atoms. The summed E-state index contributed by atoms with van der Waals surface area (Å²) in [5, 5.41) is 0. The summed E-state index contributed by atoms with van der Waals surface area (Å²) < 4.78 is 29.7. The van der Waals surface area contributed by atoms with Crippen LogP contribution in [0.5, 0.6) is 0 Å². The van der Waals surface area contributed by atoms with Gasteiger partial charge in [0, 0.05) is 11.8 Å². The van der Waals surface area contributed by atoms with Crippen LogP contribution in [0, 0.1) is 11.6 Å². The van der Waals surface area contributed by atoms with Crippen molar-refractivity contribution in [3.8, 4) is 16.9 Å². The normalized spacial score (nSPS) is 13.8. The number of nitrogens with zero attached hydrogens (tertiary/aromatic N) is 1. The van der Waals surface area contributed by atoms with Crippen molar-refractivity contribution in [1.82, 2.24) is 4.57 Å². The van der Waals surface area contributed by atoms with Gasteiger partial charge in [0.1, 0.15) is 11.6 Å². The van der Waals surface area contributed by atoms with E-state index in [4.69, 9.17) is 0 Å². The highest BCUT2D eigenvalue weighted by atomic mass is 19.1. The van der Waals surface area contributed by atoms with Gasteiger partial charge in [-0.15, -0.1) is 0 Å². The number of aryl methyl sites for hydroxylation is 1. The number of benzene rings is 2. The van der Waals surface area contributed by atoms with Crippen LogP contribution in [0.4, 0.5) is 8.78 Å². The number of hydrogen-bond acceptors (Lipinski definition) is 0. The third kappa shape index (κ3) is 2.46. The molecule has 0 N–H and O–H groups in total. The first-order valence-electron chi connectivity index (χ1n) is 7.98. The van der Waals surface area contributed by atoms with Crippen LogP contribution in [-0.2, 0) is 12.8 Å². The van der Waals surface area contributed by atoms with Crippen LogP contribution in [0.3, 0.4) is 0 Å². The molecule has 0 saturated carbocycles. The molecule has 1 heterocycles. The van der Waals surface area contributed by atoms with Gasteiger partial charge in [-0.25, -0.2) is 8.78 Å². The second-order valence-corrected chi connectivity index (χ2v) is 6.01. The SMILES string of the molecule is Fc1ccc(-n2c(-c3ccccc3)cc3c2CCCC3)c(F)c1. The maximum atomic E-state index is 14.4. The zero-order valence-electron chi connectivity index (χ0n) is 12.7. The second kappa shape index (κ2) is 5.65. The van der Waals surface area contributed by atoms with Gasteiger partial charge in [0.15, 0.2) is 0 Å². The Kier molecular flexibility index (Phi) is 3.49. The van der Waals surface area contributed by atoms with E-state index < -0.39 is 11.6 Å². The van der Waals surface area contributed by atoms with Gasteiger partial charge in [-0.1, -0.05) is 30.3 Å². The van der Waals surface area contributed by atoms with Gasteiger partial charge in [0.2, 0.25) is 0 Å². The van der Waals surface area contributed by atoms with Gasteiger partial charge in [-0.05, 0) is 55.0 Å². The Morgan fingerprint density at radius 3 is 2.39 bits per heavy atom. The fourth-order valence-electron chi connectivity index (χ4n) is 3.46. The summed E-state index contributed by atoms with van der Waals surface area (Å²) in [6.45, 7) is 0. The van der Waals surface area contributed by atoms with E-state index in [1.54, 1.807) is 0 Å². The molecule has 0 atom stereocenters. The topological polar surface area (TPSA) is 4.93 Å². The van der Waals surface area contributed by atoms with E-state index >= 15 is 0 Å². The molecular formula is C20H17F2N. The van der Waals surface area contributed by atoms with Crippen LogP contribution in [-0.4, -0.2) is 4.57 Å². The second-order valence-electron chi connectivity index (χ2n) is 6.01. The standard InChI is InChI=1S/C20H17F2N/c21-16-10-11-19(17(22)13-16)23-18-9-5-4-8-15(18)12-20(23)14-6-2-1-3-7-14/h1-3,6-7,10-13H,4-5,8-9H2. The summed E-state index contributed by atoms with van der Waals surface area (Å²) in [4.78, 5) is 0. The highest BCUT2D eigenvalue weighted by Gasteiger charge is 2.21. The Labute approximate surface area is 134 Å². The van der Waals surface area contributed by atoms with Crippen LogP contribution in [0.25, 0.3) is 16.9 Å². The monoisotopic (exact) mass is 309 g/mol. The minimum Gasteiger partial charge on any atom is -0.311 e. The first kappa shape index (κ1) is 14.2. The summed E-state index contributed by atoms with van der Waals surface area (Å²) in [7, 11) is 0. The number of aromatic nitrogens is 1. The van der Waals surface area contributed by atoms with Crippen molar-refractivity contribution >= 4 is 0 Å². The number of halogens is 2. The molecular weight excluding hydrogens is 292 g/mol. The zero-order chi connectivity index (χ0) is 15.8. The molecule has 1 aromatic heterocycles. The number of fused-ring (bicyclic) bond motifs is 1. The molecule has 1 nitrogen and oxygen atoms in total. The van der Waals surface area contributed by atoms with E-state index in [9.17, 15) is 8.78 Å². The van der Waals surface area contributed by atoms with E-state index in [1.807, 2.05) is 34.9 Å². The molecule has 0 spiro atoms. The van der Waals surface area contributed by atoms with E-state index in [0.717, 1.165) is 48.7 Å². The van der Waals surface area contributed by atoms with Crippen LogP contribution in [0.2, 0.25) is 0 Å². The molecule has 0 fully saturated rings. The Hall–Kier alpha value is -2.42. The van der Waals surface area contributed by atoms with Crippen LogP contribution >= 0.6 is 0 Å². The number of rotatable bonds is 2. The average molecular weight is 309 g/mol. The zero-order valence-corrected chi connectivity index (χ0v) is 12.7. The fourth-order valence-corrected chi connectivity index (χ4v) is 3.46. The largest absolute Gasteiger partial charge is 0.311 e.